The van der Waals surface area contributed by atoms with Gasteiger partial charge in [-0.05, 0) is 37.6 Å². The van der Waals surface area contributed by atoms with Crippen molar-refractivity contribution in [3.05, 3.63) is 58.1 Å². The topological polar surface area (TPSA) is 66.5 Å². The van der Waals surface area contributed by atoms with Crippen LogP contribution in [-0.4, -0.2) is 5.84 Å². The predicted octanol–water partition coefficient (Wildman–Crippen LogP) is 3.11. The lowest BCUT2D eigenvalue weighted by Gasteiger charge is -2.22. The molecule has 0 atom stereocenters. The Morgan fingerprint density at radius 1 is 1.14 bits per heavy atom. The monoisotopic (exact) mass is 298 g/mol. The fourth-order valence-electron chi connectivity index (χ4n) is 2.90. The SMILES string of the molecule is Cc1cc(C)c2c(c1)-c1ccc(Cl)cc1/C(=C/C(=N)N)[NH2+]2. The van der Waals surface area contributed by atoms with E-state index in [0.29, 0.717) is 5.02 Å². The zero-order valence-electron chi connectivity index (χ0n) is 12.0. The highest BCUT2D eigenvalue weighted by atomic mass is 35.5. The number of amidine groups is 1. The second kappa shape index (κ2) is 5.02. The van der Waals surface area contributed by atoms with Crippen molar-refractivity contribution in [2.75, 3.05) is 0 Å². The van der Waals surface area contributed by atoms with Crippen LogP contribution in [0.1, 0.15) is 16.7 Å². The first-order chi connectivity index (χ1) is 9.95. The molecule has 0 aromatic heterocycles. The van der Waals surface area contributed by atoms with Crippen molar-refractivity contribution in [3.8, 4) is 11.1 Å². The first-order valence-corrected chi connectivity index (χ1v) is 7.15. The number of hydrogen-bond donors (Lipinski definition) is 3. The highest BCUT2D eigenvalue weighted by Gasteiger charge is 2.26. The number of halogens is 1. The molecule has 21 heavy (non-hydrogen) atoms. The van der Waals surface area contributed by atoms with Crippen LogP contribution in [0, 0.1) is 19.3 Å². The Labute approximate surface area is 128 Å². The summed E-state index contributed by atoms with van der Waals surface area (Å²) in [4.78, 5) is 0. The Kier molecular flexibility index (Phi) is 3.32. The van der Waals surface area contributed by atoms with E-state index >= 15 is 0 Å². The van der Waals surface area contributed by atoms with Crippen molar-refractivity contribution in [2.24, 2.45) is 5.73 Å². The maximum atomic E-state index is 7.55. The van der Waals surface area contributed by atoms with E-state index in [-0.39, 0.29) is 5.84 Å². The largest absolute Gasteiger partial charge is 0.384 e. The van der Waals surface area contributed by atoms with Gasteiger partial charge in [0, 0.05) is 33.4 Å². The summed E-state index contributed by atoms with van der Waals surface area (Å²) in [5.41, 5.74) is 13.5. The highest BCUT2D eigenvalue weighted by molar-refractivity contribution is 6.31. The smallest absolute Gasteiger partial charge is 0.146 e. The molecule has 0 amide bonds. The molecule has 0 saturated carbocycles. The molecule has 4 heteroatoms. The lowest BCUT2D eigenvalue weighted by Crippen LogP contribution is -2.76. The molecule has 3 nitrogen and oxygen atoms in total. The predicted molar refractivity (Wildman–Crippen MR) is 87.8 cm³/mol. The van der Waals surface area contributed by atoms with Crippen LogP contribution >= 0.6 is 11.6 Å². The molecule has 0 spiro atoms. The minimum absolute atomic E-state index is 0.0420. The molecule has 0 aliphatic carbocycles. The van der Waals surface area contributed by atoms with E-state index in [4.69, 9.17) is 22.7 Å². The minimum atomic E-state index is 0.0420. The Balaban J connectivity index is 2.33. The van der Waals surface area contributed by atoms with E-state index < -0.39 is 0 Å². The van der Waals surface area contributed by atoms with Gasteiger partial charge in [0.1, 0.15) is 17.2 Å². The fourth-order valence-corrected chi connectivity index (χ4v) is 3.08. The summed E-state index contributed by atoms with van der Waals surface area (Å²) >= 11 is 6.14. The number of benzene rings is 2. The van der Waals surface area contributed by atoms with Crippen LogP contribution in [0.3, 0.4) is 0 Å². The molecule has 0 bridgehead atoms. The molecule has 0 radical (unpaired) electrons. The normalized spacial score (nSPS) is 14.7. The Morgan fingerprint density at radius 3 is 2.62 bits per heavy atom. The minimum Gasteiger partial charge on any atom is -0.384 e. The second-order valence-electron chi connectivity index (χ2n) is 5.43. The van der Waals surface area contributed by atoms with Crippen LogP contribution in [-0.2, 0) is 0 Å². The van der Waals surface area contributed by atoms with Crippen molar-refractivity contribution < 1.29 is 5.32 Å². The molecule has 5 N–H and O–H groups in total. The van der Waals surface area contributed by atoms with E-state index in [9.17, 15) is 0 Å². The van der Waals surface area contributed by atoms with Gasteiger partial charge in [0.25, 0.3) is 0 Å². The highest BCUT2D eigenvalue weighted by Crippen LogP contribution is 2.38. The molecule has 106 valence electrons. The van der Waals surface area contributed by atoms with Gasteiger partial charge in [-0.1, -0.05) is 23.7 Å². The third-order valence-electron chi connectivity index (χ3n) is 3.72. The Bertz CT molecular complexity index is 791. The average molecular weight is 299 g/mol. The summed E-state index contributed by atoms with van der Waals surface area (Å²) in [7, 11) is 0. The van der Waals surface area contributed by atoms with Crippen LogP contribution < -0.4 is 11.1 Å². The Hall–Kier alpha value is -2.10. The van der Waals surface area contributed by atoms with E-state index in [0.717, 1.165) is 16.8 Å². The van der Waals surface area contributed by atoms with E-state index in [1.165, 1.54) is 22.4 Å². The van der Waals surface area contributed by atoms with Gasteiger partial charge in [0.15, 0.2) is 0 Å². The van der Waals surface area contributed by atoms with Gasteiger partial charge in [-0.2, -0.15) is 0 Å². The molecule has 1 aliphatic rings. The van der Waals surface area contributed by atoms with Gasteiger partial charge in [0.2, 0.25) is 0 Å². The van der Waals surface area contributed by atoms with Gasteiger partial charge < -0.3 is 5.73 Å². The third-order valence-corrected chi connectivity index (χ3v) is 3.96. The molecular formula is C17H17ClN3+. The van der Waals surface area contributed by atoms with Crippen molar-refractivity contribution in [2.45, 2.75) is 13.8 Å². The van der Waals surface area contributed by atoms with Gasteiger partial charge in [-0.3, -0.25) is 10.7 Å². The number of hydrogen-bond acceptors (Lipinski definition) is 1. The number of aryl methyl sites for hydroxylation is 2. The van der Waals surface area contributed by atoms with Crippen molar-refractivity contribution in [3.63, 3.8) is 0 Å². The molecule has 3 rings (SSSR count). The number of nitrogens with one attached hydrogen (secondary N) is 1. The number of nitrogens with two attached hydrogens (primary N) is 2. The fraction of sp³-hybridized carbons (Fsp3) is 0.118. The van der Waals surface area contributed by atoms with Gasteiger partial charge in [-0.15, -0.1) is 0 Å². The van der Waals surface area contributed by atoms with Gasteiger partial charge in [-0.25, -0.2) is 0 Å². The molecule has 0 fully saturated rings. The lowest BCUT2D eigenvalue weighted by atomic mass is 9.89. The summed E-state index contributed by atoms with van der Waals surface area (Å²) in [6.45, 7) is 4.21. The Morgan fingerprint density at radius 2 is 1.90 bits per heavy atom. The molecule has 2 aromatic rings. The lowest BCUT2D eigenvalue weighted by molar-refractivity contribution is -0.469. The van der Waals surface area contributed by atoms with Crippen LogP contribution in [0.25, 0.3) is 16.8 Å². The maximum Gasteiger partial charge on any atom is 0.146 e. The summed E-state index contributed by atoms with van der Waals surface area (Å²) in [5.74, 6) is 0.0420. The summed E-state index contributed by atoms with van der Waals surface area (Å²) < 4.78 is 0. The zero-order chi connectivity index (χ0) is 15.1. The van der Waals surface area contributed by atoms with Gasteiger partial charge in [0.05, 0.1) is 0 Å². The molecular weight excluding hydrogens is 282 g/mol. The third kappa shape index (κ3) is 2.46. The summed E-state index contributed by atoms with van der Waals surface area (Å²) in [5, 5.41) is 10.3. The zero-order valence-corrected chi connectivity index (χ0v) is 12.8. The molecule has 1 aliphatic heterocycles. The van der Waals surface area contributed by atoms with Crippen molar-refractivity contribution in [1.29, 1.82) is 5.41 Å². The number of fused-ring (bicyclic) bond motifs is 3. The average Bonchev–Trinajstić information content (AvgIpc) is 2.39. The summed E-state index contributed by atoms with van der Waals surface area (Å²) in [6.07, 6.45) is 1.68. The number of rotatable bonds is 1. The van der Waals surface area contributed by atoms with Crippen molar-refractivity contribution >= 4 is 28.8 Å². The molecule has 2 aromatic carbocycles. The second-order valence-corrected chi connectivity index (χ2v) is 5.87. The standard InChI is InChI=1S/C17H16ClN3/c1-9-5-10(2)17-14(6-9)12-4-3-11(18)7-13(12)15(21-17)8-16(19)20/h3-8,21H,1-2H3,(H3,19,20)/p+1/b15-8-. The van der Waals surface area contributed by atoms with Crippen LogP contribution in [0.5, 0.6) is 0 Å². The maximum absolute atomic E-state index is 7.55. The van der Waals surface area contributed by atoms with E-state index in [2.05, 4.69) is 31.3 Å². The van der Waals surface area contributed by atoms with Gasteiger partial charge >= 0.3 is 0 Å². The summed E-state index contributed by atoms with van der Waals surface area (Å²) in [6, 6.07) is 10.2. The van der Waals surface area contributed by atoms with E-state index in [1.54, 1.807) is 6.08 Å². The van der Waals surface area contributed by atoms with Crippen molar-refractivity contribution in [1.82, 2.24) is 0 Å². The van der Waals surface area contributed by atoms with Crippen LogP contribution in [0.15, 0.2) is 36.4 Å². The first-order valence-electron chi connectivity index (χ1n) is 6.78. The molecule has 0 saturated heterocycles. The molecule has 1 heterocycles. The number of quaternary nitrogens is 1. The van der Waals surface area contributed by atoms with Crippen LogP contribution in [0.4, 0.5) is 5.69 Å². The quantitative estimate of drug-likeness (QED) is 0.423. The van der Waals surface area contributed by atoms with Crippen LogP contribution in [0.2, 0.25) is 5.02 Å². The molecule has 0 unspecified atom stereocenters. The first kappa shape index (κ1) is 13.9. The van der Waals surface area contributed by atoms with E-state index in [1.807, 2.05) is 18.2 Å².